The molecule has 1 aliphatic heterocycles. The fraction of sp³-hybridized carbons (Fsp3) is 0.533. The van der Waals surface area contributed by atoms with Crippen molar-refractivity contribution in [3.63, 3.8) is 0 Å². The minimum atomic E-state index is -0.904. The van der Waals surface area contributed by atoms with Gasteiger partial charge in [-0.15, -0.1) is 0 Å². The third-order valence-corrected chi connectivity index (χ3v) is 5.31. The summed E-state index contributed by atoms with van der Waals surface area (Å²) >= 11 is 9.34. The van der Waals surface area contributed by atoms with Gasteiger partial charge < -0.3 is 15.3 Å². The quantitative estimate of drug-likeness (QED) is 0.839. The van der Waals surface area contributed by atoms with Crippen molar-refractivity contribution < 1.29 is 9.90 Å². The van der Waals surface area contributed by atoms with E-state index >= 15 is 0 Å². The molecule has 4 nitrogen and oxygen atoms in total. The Morgan fingerprint density at radius 3 is 2.52 bits per heavy atom. The fourth-order valence-electron chi connectivity index (χ4n) is 2.66. The number of nitrogens with one attached hydrogen (secondary N) is 1. The molecule has 1 aromatic rings. The number of rotatable bonds is 4. The van der Waals surface area contributed by atoms with Crippen molar-refractivity contribution >= 4 is 39.2 Å². The summed E-state index contributed by atoms with van der Waals surface area (Å²) in [6.45, 7) is 5.84. The Morgan fingerprint density at radius 2 is 2.05 bits per heavy atom. The van der Waals surface area contributed by atoms with Crippen LogP contribution in [0.4, 0.5) is 5.69 Å². The Kier molecular flexibility index (Phi) is 5.17. The molecule has 0 unspecified atom stereocenters. The van der Waals surface area contributed by atoms with Crippen LogP contribution in [-0.2, 0) is 4.79 Å². The van der Waals surface area contributed by atoms with E-state index < -0.39 is 11.5 Å². The third-order valence-electron chi connectivity index (χ3n) is 4.09. The number of benzene rings is 1. The van der Waals surface area contributed by atoms with Gasteiger partial charge in [0, 0.05) is 29.3 Å². The molecule has 1 fully saturated rings. The maximum absolute atomic E-state index is 11.8. The summed E-state index contributed by atoms with van der Waals surface area (Å²) in [4.78, 5) is 14.1. The standard InChI is InChI=1S/C15H20BrClN2O2/c1-10(2)19-7-5-15(6-8-19,14(20)21)18-11-3-4-13(17)12(16)9-11/h3-4,9-10,18H,5-8H2,1-2H3,(H,20,21). The fourth-order valence-corrected chi connectivity index (χ4v) is 3.16. The van der Waals surface area contributed by atoms with Crippen LogP contribution >= 0.6 is 27.5 Å². The number of piperidine rings is 1. The summed E-state index contributed by atoms with van der Waals surface area (Å²) in [6.07, 6.45) is 1.17. The van der Waals surface area contributed by atoms with Crippen LogP contribution in [0.15, 0.2) is 22.7 Å². The van der Waals surface area contributed by atoms with Crippen molar-refractivity contribution in [2.45, 2.75) is 38.3 Å². The summed E-state index contributed by atoms with van der Waals surface area (Å²) in [6, 6.07) is 5.84. The Labute approximate surface area is 138 Å². The highest BCUT2D eigenvalue weighted by Gasteiger charge is 2.42. The number of aliphatic carboxylic acids is 1. The van der Waals surface area contributed by atoms with Crippen molar-refractivity contribution in [2.75, 3.05) is 18.4 Å². The maximum Gasteiger partial charge on any atom is 0.329 e. The van der Waals surface area contributed by atoms with Gasteiger partial charge in [0.1, 0.15) is 5.54 Å². The van der Waals surface area contributed by atoms with Crippen LogP contribution in [0.25, 0.3) is 0 Å². The lowest BCUT2D eigenvalue weighted by atomic mass is 9.86. The zero-order valence-electron chi connectivity index (χ0n) is 12.2. The molecule has 0 spiro atoms. The van der Waals surface area contributed by atoms with Crippen LogP contribution in [-0.4, -0.2) is 40.6 Å². The van der Waals surface area contributed by atoms with E-state index in [4.69, 9.17) is 11.6 Å². The highest BCUT2D eigenvalue weighted by molar-refractivity contribution is 9.10. The van der Waals surface area contributed by atoms with Gasteiger partial charge >= 0.3 is 5.97 Å². The molecule has 2 N–H and O–H groups in total. The van der Waals surface area contributed by atoms with Crippen molar-refractivity contribution in [2.24, 2.45) is 0 Å². The molecule has 116 valence electrons. The molecule has 0 amide bonds. The van der Waals surface area contributed by atoms with Gasteiger partial charge in [-0.2, -0.15) is 0 Å². The van der Waals surface area contributed by atoms with Gasteiger partial charge in [0.05, 0.1) is 5.02 Å². The largest absolute Gasteiger partial charge is 0.480 e. The van der Waals surface area contributed by atoms with E-state index in [2.05, 4.69) is 40.0 Å². The first kappa shape index (κ1) is 16.6. The molecule has 1 saturated heterocycles. The number of nitrogens with zero attached hydrogens (tertiary/aromatic N) is 1. The zero-order chi connectivity index (χ0) is 15.6. The maximum atomic E-state index is 11.8. The van der Waals surface area contributed by atoms with Gasteiger partial charge in [-0.05, 0) is 60.8 Å². The average Bonchev–Trinajstić information content (AvgIpc) is 2.43. The SMILES string of the molecule is CC(C)N1CCC(Nc2ccc(Cl)c(Br)c2)(C(=O)O)CC1. The molecule has 0 saturated carbocycles. The number of anilines is 1. The van der Waals surface area contributed by atoms with E-state index in [1.807, 2.05) is 12.1 Å². The predicted molar refractivity (Wildman–Crippen MR) is 89.1 cm³/mol. The highest BCUT2D eigenvalue weighted by atomic mass is 79.9. The second kappa shape index (κ2) is 6.55. The van der Waals surface area contributed by atoms with Crippen LogP contribution in [0.3, 0.4) is 0 Å². The Morgan fingerprint density at radius 1 is 1.43 bits per heavy atom. The van der Waals surface area contributed by atoms with Crippen LogP contribution < -0.4 is 5.32 Å². The lowest BCUT2D eigenvalue weighted by Gasteiger charge is -2.41. The summed E-state index contributed by atoms with van der Waals surface area (Å²) in [5, 5.41) is 13.5. The Hall–Kier alpha value is -0.780. The zero-order valence-corrected chi connectivity index (χ0v) is 14.5. The smallest absolute Gasteiger partial charge is 0.329 e. The number of hydrogen-bond acceptors (Lipinski definition) is 3. The van der Waals surface area contributed by atoms with E-state index in [-0.39, 0.29) is 0 Å². The monoisotopic (exact) mass is 374 g/mol. The number of halogens is 2. The van der Waals surface area contributed by atoms with Crippen LogP contribution in [0.5, 0.6) is 0 Å². The molecule has 21 heavy (non-hydrogen) atoms. The van der Waals surface area contributed by atoms with Gasteiger partial charge in [0.25, 0.3) is 0 Å². The molecule has 1 aliphatic rings. The number of hydrogen-bond donors (Lipinski definition) is 2. The van der Waals surface area contributed by atoms with E-state index in [9.17, 15) is 9.90 Å². The molecule has 1 aromatic carbocycles. The van der Waals surface area contributed by atoms with E-state index in [0.29, 0.717) is 23.9 Å². The first-order valence-corrected chi connectivity index (χ1v) is 8.22. The summed E-state index contributed by atoms with van der Waals surface area (Å²) < 4.78 is 0.759. The third kappa shape index (κ3) is 3.71. The summed E-state index contributed by atoms with van der Waals surface area (Å²) in [5.41, 5.74) is -0.134. The molecule has 1 heterocycles. The molecule has 6 heteroatoms. The first-order valence-electron chi connectivity index (χ1n) is 7.05. The van der Waals surface area contributed by atoms with Gasteiger partial charge in [0.2, 0.25) is 0 Å². The van der Waals surface area contributed by atoms with Crippen molar-refractivity contribution in [3.8, 4) is 0 Å². The molecule has 0 radical (unpaired) electrons. The predicted octanol–water partition coefficient (Wildman–Crippen LogP) is 3.84. The normalized spacial score (nSPS) is 18.7. The molecule has 0 aromatic heterocycles. The molecule has 2 rings (SSSR count). The summed E-state index contributed by atoms with van der Waals surface area (Å²) in [5.74, 6) is -0.794. The van der Waals surface area contributed by atoms with E-state index in [0.717, 1.165) is 23.2 Å². The number of carboxylic acid groups (broad SMARTS) is 1. The second-order valence-electron chi connectivity index (χ2n) is 5.77. The molecule has 0 aliphatic carbocycles. The van der Waals surface area contributed by atoms with E-state index in [1.165, 1.54) is 0 Å². The minimum absolute atomic E-state index is 0.446. The van der Waals surface area contributed by atoms with Gasteiger partial charge in [-0.1, -0.05) is 11.6 Å². The first-order chi connectivity index (χ1) is 9.84. The topological polar surface area (TPSA) is 52.6 Å². The summed E-state index contributed by atoms with van der Waals surface area (Å²) in [7, 11) is 0. The molecular formula is C15H20BrClN2O2. The minimum Gasteiger partial charge on any atom is -0.480 e. The molecular weight excluding hydrogens is 356 g/mol. The Balaban J connectivity index is 2.16. The van der Waals surface area contributed by atoms with Crippen LogP contribution in [0, 0.1) is 0 Å². The van der Waals surface area contributed by atoms with Gasteiger partial charge in [-0.3, -0.25) is 0 Å². The molecule has 0 bridgehead atoms. The second-order valence-corrected chi connectivity index (χ2v) is 7.03. The lowest BCUT2D eigenvalue weighted by molar-refractivity contribution is -0.144. The van der Waals surface area contributed by atoms with Gasteiger partial charge in [-0.25, -0.2) is 4.79 Å². The highest BCUT2D eigenvalue weighted by Crippen LogP contribution is 2.31. The van der Waals surface area contributed by atoms with Crippen LogP contribution in [0.1, 0.15) is 26.7 Å². The van der Waals surface area contributed by atoms with Crippen molar-refractivity contribution in [1.82, 2.24) is 4.90 Å². The van der Waals surface area contributed by atoms with Crippen molar-refractivity contribution in [3.05, 3.63) is 27.7 Å². The van der Waals surface area contributed by atoms with Crippen LogP contribution in [0.2, 0.25) is 5.02 Å². The van der Waals surface area contributed by atoms with Gasteiger partial charge in [0.15, 0.2) is 0 Å². The number of carbonyl (C=O) groups is 1. The molecule has 0 atom stereocenters. The lowest BCUT2D eigenvalue weighted by Crippen LogP contribution is -2.55. The average molecular weight is 376 g/mol. The number of likely N-dealkylation sites (tertiary alicyclic amines) is 1. The van der Waals surface area contributed by atoms with Crippen molar-refractivity contribution in [1.29, 1.82) is 0 Å². The Bertz CT molecular complexity index is 528. The van der Waals surface area contributed by atoms with E-state index in [1.54, 1.807) is 6.07 Å². The number of carboxylic acids is 1.